The lowest BCUT2D eigenvalue weighted by molar-refractivity contribution is -0.275. The predicted octanol–water partition coefficient (Wildman–Crippen LogP) is 1.92. The quantitative estimate of drug-likeness (QED) is 0.852. The third-order valence-corrected chi connectivity index (χ3v) is 2.16. The highest BCUT2D eigenvalue weighted by Gasteiger charge is 2.32. The Morgan fingerprint density at radius 2 is 2.11 bits per heavy atom. The topological polar surface area (TPSA) is 74.4 Å². The lowest BCUT2D eigenvalue weighted by atomic mass is 10.1. The van der Waals surface area contributed by atoms with E-state index in [1.807, 2.05) is 0 Å². The molecule has 1 heterocycles. The highest BCUT2D eigenvalue weighted by atomic mass is 19.4. The summed E-state index contributed by atoms with van der Waals surface area (Å²) in [6, 6.07) is 0.940. The first-order valence-corrected chi connectivity index (χ1v) is 5.42. The van der Waals surface area contributed by atoms with E-state index in [0.717, 1.165) is 6.07 Å². The zero-order valence-electron chi connectivity index (χ0n) is 10.4. The standard InChI is InChI=1S/C11H13F3N2O3/c1-3-18-10(17)7-4-9(19-11(12,13)14)6(2)16-8(7)5-15/h4H,3,5,15H2,1-2H3. The maximum absolute atomic E-state index is 12.2. The van der Waals surface area contributed by atoms with Crippen LogP contribution in [0, 0.1) is 6.92 Å². The van der Waals surface area contributed by atoms with Crippen LogP contribution in [-0.4, -0.2) is 23.9 Å². The van der Waals surface area contributed by atoms with Crippen molar-refractivity contribution >= 4 is 5.97 Å². The zero-order valence-corrected chi connectivity index (χ0v) is 10.4. The van der Waals surface area contributed by atoms with Gasteiger partial charge in [0.2, 0.25) is 0 Å². The fourth-order valence-electron chi connectivity index (χ4n) is 1.41. The van der Waals surface area contributed by atoms with Gasteiger partial charge in [0.25, 0.3) is 0 Å². The molecule has 0 bridgehead atoms. The molecule has 0 saturated heterocycles. The van der Waals surface area contributed by atoms with E-state index < -0.39 is 18.1 Å². The van der Waals surface area contributed by atoms with E-state index in [1.165, 1.54) is 6.92 Å². The number of aryl methyl sites for hydroxylation is 1. The first-order chi connectivity index (χ1) is 8.78. The monoisotopic (exact) mass is 278 g/mol. The van der Waals surface area contributed by atoms with E-state index in [2.05, 4.69) is 9.72 Å². The highest BCUT2D eigenvalue weighted by Crippen LogP contribution is 2.27. The second kappa shape index (κ2) is 5.87. The molecule has 1 rings (SSSR count). The molecule has 0 aliphatic heterocycles. The molecule has 1 aromatic heterocycles. The fourth-order valence-corrected chi connectivity index (χ4v) is 1.41. The molecule has 0 unspecified atom stereocenters. The summed E-state index contributed by atoms with van der Waals surface area (Å²) in [5, 5.41) is 0. The van der Waals surface area contributed by atoms with Crippen LogP contribution in [0.4, 0.5) is 13.2 Å². The van der Waals surface area contributed by atoms with Gasteiger partial charge in [-0.25, -0.2) is 4.79 Å². The van der Waals surface area contributed by atoms with Crippen LogP contribution in [-0.2, 0) is 11.3 Å². The smallest absolute Gasteiger partial charge is 0.462 e. The number of alkyl halides is 3. The third kappa shape index (κ3) is 4.09. The van der Waals surface area contributed by atoms with Crippen LogP contribution in [0.1, 0.15) is 28.7 Å². The second-order valence-electron chi connectivity index (χ2n) is 3.54. The van der Waals surface area contributed by atoms with E-state index in [1.54, 1.807) is 6.92 Å². The summed E-state index contributed by atoms with van der Waals surface area (Å²) < 4.78 is 45.1. The SMILES string of the molecule is CCOC(=O)c1cc(OC(F)(F)F)c(C)nc1CN. The fraction of sp³-hybridized carbons (Fsp3) is 0.455. The van der Waals surface area contributed by atoms with Crippen LogP contribution in [0.15, 0.2) is 6.07 Å². The van der Waals surface area contributed by atoms with Crippen molar-refractivity contribution in [3.63, 3.8) is 0 Å². The molecule has 8 heteroatoms. The van der Waals surface area contributed by atoms with Gasteiger partial charge in [0.1, 0.15) is 0 Å². The maximum Gasteiger partial charge on any atom is 0.573 e. The van der Waals surface area contributed by atoms with Crippen molar-refractivity contribution in [3.05, 3.63) is 23.0 Å². The summed E-state index contributed by atoms with van der Waals surface area (Å²) in [5.41, 5.74) is 5.42. The first-order valence-electron chi connectivity index (χ1n) is 5.42. The molecule has 0 amide bonds. The molecule has 1 aromatic rings. The summed E-state index contributed by atoms with van der Waals surface area (Å²) in [4.78, 5) is 15.4. The van der Waals surface area contributed by atoms with Crippen LogP contribution in [0.3, 0.4) is 0 Å². The number of nitrogens with two attached hydrogens (primary N) is 1. The molecule has 0 aliphatic rings. The molecule has 19 heavy (non-hydrogen) atoms. The second-order valence-corrected chi connectivity index (χ2v) is 3.54. The molecule has 0 fully saturated rings. The van der Waals surface area contributed by atoms with Gasteiger partial charge in [0.05, 0.1) is 23.6 Å². The molecule has 0 spiro atoms. The molecule has 0 atom stereocenters. The van der Waals surface area contributed by atoms with Crippen LogP contribution >= 0.6 is 0 Å². The molecule has 0 aliphatic carbocycles. The van der Waals surface area contributed by atoms with Gasteiger partial charge in [0.15, 0.2) is 5.75 Å². The lowest BCUT2D eigenvalue weighted by Gasteiger charge is -2.14. The number of rotatable bonds is 4. The number of hydrogen-bond acceptors (Lipinski definition) is 5. The minimum Gasteiger partial charge on any atom is -0.462 e. The molecule has 0 aromatic carbocycles. The Bertz CT molecular complexity index is 475. The van der Waals surface area contributed by atoms with E-state index in [9.17, 15) is 18.0 Å². The van der Waals surface area contributed by atoms with E-state index >= 15 is 0 Å². The summed E-state index contributed by atoms with van der Waals surface area (Å²) >= 11 is 0. The number of aromatic nitrogens is 1. The van der Waals surface area contributed by atoms with Crippen LogP contribution in [0.25, 0.3) is 0 Å². The number of halogens is 3. The Hall–Kier alpha value is -1.83. The van der Waals surface area contributed by atoms with Gasteiger partial charge in [-0.05, 0) is 19.9 Å². The zero-order chi connectivity index (χ0) is 14.6. The van der Waals surface area contributed by atoms with Crippen LogP contribution in [0.5, 0.6) is 5.75 Å². The van der Waals surface area contributed by atoms with E-state index in [4.69, 9.17) is 10.5 Å². The summed E-state index contributed by atoms with van der Waals surface area (Å²) in [6.45, 7) is 2.90. The molecule has 0 radical (unpaired) electrons. The number of nitrogens with zero attached hydrogens (tertiary/aromatic N) is 1. The number of carbonyl (C=O) groups is 1. The van der Waals surface area contributed by atoms with Crippen LogP contribution < -0.4 is 10.5 Å². The van der Waals surface area contributed by atoms with Crippen molar-refractivity contribution in [1.29, 1.82) is 0 Å². The molecular formula is C11H13F3N2O3. The highest BCUT2D eigenvalue weighted by molar-refractivity contribution is 5.91. The third-order valence-electron chi connectivity index (χ3n) is 2.16. The number of ether oxygens (including phenoxy) is 2. The Kier molecular flexibility index (Phi) is 4.71. The molecule has 5 nitrogen and oxygen atoms in total. The Morgan fingerprint density at radius 3 is 2.58 bits per heavy atom. The minimum atomic E-state index is -4.86. The van der Waals surface area contributed by atoms with Crippen molar-refractivity contribution < 1.29 is 27.4 Å². The van der Waals surface area contributed by atoms with Crippen molar-refractivity contribution in [2.45, 2.75) is 26.8 Å². The largest absolute Gasteiger partial charge is 0.573 e. The first kappa shape index (κ1) is 15.2. The van der Waals surface area contributed by atoms with E-state index in [-0.39, 0.29) is 30.1 Å². The van der Waals surface area contributed by atoms with Gasteiger partial charge >= 0.3 is 12.3 Å². The van der Waals surface area contributed by atoms with Crippen molar-refractivity contribution in [2.24, 2.45) is 5.73 Å². The Balaban J connectivity index is 3.21. The molecule has 106 valence electrons. The summed E-state index contributed by atoms with van der Waals surface area (Å²) in [5.74, 6) is -1.34. The van der Waals surface area contributed by atoms with Crippen LogP contribution in [0.2, 0.25) is 0 Å². The number of esters is 1. The average molecular weight is 278 g/mol. The van der Waals surface area contributed by atoms with Crippen molar-refractivity contribution in [1.82, 2.24) is 4.98 Å². The summed E-state index contributed by atoms with van der Waals surface area (Å²) in [7, 11) is 0. The number of pyridine rings is 1. The van der Waals surface area contributed by atoms with Gasteiger partial charge < -0.3 is 15.2 Å². The Morgan fingerprint density at radius 1 is 1.47 bits per heavy atom. The number of carbonyl (C=O) groups excluding carboxylic acids is 1. The van der Waals surface area contributed by atoms with Gasteiger partial charge in [-0.1, -0.05) is 0 Å². The Labute approximate surface area is 107 Å². The lowest BCUT2D eigenvalue weighted by Crippen LogP contribution is -2.20. The van der Waals surface area contributed by atoms with Crippen molar-refractivity contribution in [2.75, 3.05) is 6.61 Å². The minimum absolute atomic E-state index is 0.00850. The molecule has 2 N–H and O–H groups in total. The normalized spacial score (nSPS) is 11.3. The molecule has 0 saturated carbocycles. The van der Waals surface area contributed by atoms with Gasteiger partial charge in [-0.3, -0.25) is 4.98 Å². The average Bonchev–Trinajstić information content (AvgIpc) is 2.29. The molecular weight excluding hydrogens is 265 g/mol. The van der Waals surface area contributed by atoms with Gasteiger partial charge in [0, 0.05) is 6.54 Å². The van der Waals surface area contributed by atoms with Crippen molar-refractivity contribution in [3.8, 4) is 5.75 Å². The predicted molar refractivity (Wildman–Crippen MR) is 59.5 cm³/mol. The van der Waals surface area contributed by atoms with Gasteiger partial charge in [-0.15, -0.1) is 13.2 Å². The summed E-state index contributed by atoms with van der Waals surface area (Å²) in [6.07, 6.45) is -4.86. The number of hydrogen-bond donors (Lipinski definition) is 1. The maximum atomic E-state index is 12.2. The van der Waals surface area contributed by atoms with E-state index in [0.29, 0.717) is 0 Å². The van der Waals surface area contributed by atoms with Gasteiger partial charge in [-0.2, -0.15) is 0 Å².